The van der Waals surface area contributed by atoms with Gasteiger partial charge in [-0.25, -0.2) is 0 Å². The van der Waals surface area contributed by atoms with Crippen LogP contribution in [0, 0.1) is 0 Å². The maximum Gasteiger partial charge on any atom is 0.318 e. The molecular formula is C13H17NO3S. The molecule has 1 fully saturated rings. The summed E-state index contributed by atoms with van der Waals surface area (Å²) in [4.78, 5) is 13.2. The van der Waals surface area contributed by atoms with Crippen LogP contribution in [-0.4, -0.2) is 41.8 Å². The predicted octanol–water partition coefficient (Wildman–Crippen LogP) is 2.09. The minimum atomic E-state index is -0.737. The number of carboxylic acids is 1. The first-order valence-electron chi connectivity index (χ1n) is 6.03. The second-order valence-electron chi connectivity index (χ2n) is 4.04. The SMILES string of the molecule is CCOc1ccccc1N1CCSC(C(=O)O)C1. The summed E-state index contributed by atoms with van der Waals surface area (Å²) in [5.74, 6) is 0.923. The van der Waals surface area contributed by atoms with Gasteiger partial charge >= 0.3 is 5.97 Å². The molecule has 1 aliphatic rings. The summed E-state index contributed by atoms with van der Waals surface area (Å²) in [7, 11) is 0. The molecule has 5 heteroatoms. The lowest BCUT2D eigenvalue weighted by atomic mass is 10.2. The highest BCUT2D eigenvalue weighted by Crippen LogP contribution is 2.31. The van der Waals surface area contributed by atoms with Crippen LogP contribution in [0.25, 0.3) is 0 Å². The Bertz CT molecular complexity index is 424. The highest BCUT2D eigenvalue weighted by atomic mass is 32.2. The maximum absolute atomic E-state index is 11.1. The quantitative estimate of drug-likeness (QED) is 0.905. The molecule has 1 aliphatic heterocycles. The monoisotopic (exact) mass is 267 g/mol. The van der Waals surface area contributed by atoms with Crippen molar-refractivity contribution in [2.75, 3.05) is 30.3 Å². The van der Waals surface area contributed by atoms with E-state index in [1.54, 1.807) is 0 Å². The third-order valence-electron chi connectivity index (χ3n) is 2.85. The van der Waals surface area contributed by atoms with Gasteiger partial charge in [0, 0.05) is 18.8 Å². The summed E-state index contributed by atoms with van der Waals surface area (Å²) in [6.45, 7) is 3.95. The van der Waals surface area contributed by atoms with Crippen molar-refractivity contribution in [3.8, 4) is 5.75 Å². The normalized spacial score (nSPS) is 19.6. The van der Waals surface area contributed by atoms with Gasteiger partial charge in [-0.2, -0.15) is 0 Å². The average molecular weight is 267 g/mol. The molecule has 18 heavy (non-hydrogen) atoms. The molecule has 1 aromatic rings. The van der Waals surface area contributed by atoms with Crippen LogP contribution in [0.5, 0.6) is 5.75 Å². The Kier molecular flexibility index (Phi) is 4.36. The van der Waals surface area contributed by atoms with E-state index in [-0.39, 0.29) is 5.25 Å². The van der Waals surface area contributed by atoms with Crippen LogP contribution in [0.15, 0.2) is 24.3 Å². The summed E-state index contributed by atoms with van der Waals surface area (Å²) < 4.78 is 5.59. The summed E-state index contributed by atoms with van der Waals surface area (Å²) >= 11 is 1.51. The van der Waals surface area contributed by atoms with E-state index < -0.39 is 5.97 Å². The molecule has 1 N–H and O–H groups in total. The van der Waals surface area contributed by atoms with Crippen LogP contribution in [0.3, 0.4) is 0 Å². The number of aliphatic carboxylic acids is 1. The molecule has 1 unspecified atom stereocenters. The molecule has 0 aromatic heterocycles. The first-order valence-corrected chi connectivity index (χ1v) is 7.08. The molecule has 1 heterocycles. The Morgan fingerprint density at radius 2 is 2.33 bits per heavy atom. The van der Waals surface area contributed by atoms with Gasteiger partial charge in [-0.05, 0) is 19.1 Å². The fourth-order valence-electron chi connectivity index (χ4n) is 2.01. The molecule has 1 aromatic carbocycles. The van der Waals surface area contributed by atoms with Crippen LogP contribution < -0.4 is 9.64 Å². The number of carboxylic acid groups (broad SMARTS) is 1. The van der Waals surface area contributed by atoms with Gasteiger partial charge in [-0.3, -0.25) is 4.79 Å². The van der Waals surface area contributed by atoms with Crippen LogP contribution in [0.1, 0.15) is 6.92 Å². The third-order valence-corrected chi connectivity index (χ3v) is 4.02. The molecule has 0 aliphatic carbocycles. The lowest BCUT2D eigenvalue weighted by molar-refractivity contribution is -0.136. The van der Waals surface area contributed by atoms with E-state index in [0.717, 1.165) is 23.7 Å². The van der Waals surface area contributed by atoms with E-state index >= 15 is 0 Å². The van der Waals surface area contributed by atoms with Crippen molar-refractivity contribution in [3.05, 3.63) is 24.3 Å². The second kappa shape index (κ2) is 6.00. The number of benzene rings is 1. The molecule has 0 radical (unpaired) electrons. The Labute approximate surface area is 111 Å². The number of hydrogen-bond acceptors (Lipinski definition) is 4. The Morgan fingerprint density at radius 1 is 1.56 bits per heavy atom. The molecule has 1 saturated heterocycles. The van der Waals surface area contributed by atoms with Gasteiger partial charge in [0.2, 0.25) is 0 Å². The smallest absolute Gasteiger partial charge is 0.318 e. The van der Waals surface area contributed by atoms with Gasteiger partial charge in [-0.1, -0.05) is 12.1 Å². The van der Waals surface area contributed by atoms with E-state index in [2.05, 4.69) is 4.90 Å². The average Bonchev–Trinajstić information content (AvgIpc) is 2.40. The van der Waals surface area contributed by atoms with Crippen molar-refractivity contribution < 1.29 is 14.6 Å². The number of hydrogen-bond donors (Lipinski definition) is 1. The number of nitrogens with zero attached hydrogens (tertiary/aromatic N) is 1. The number of ether oxygens (including phenoxy) is 1. The Balaban J connectivity index is 2.17. The van der Waals surface area contributed by atoms with Crippen molar-refractivity contribution in [1.29, 1.82) is 0 Å². The van der Waals surface area contributed by atoms with Crippen molar-refractivity contribution in [2.45, 2.75) is 12.2 Å². The molecule has 4 nitrogen and oxygen atoms in total. The topological polar surface area (TPSA) is 49.8 Å². The lowest BCUT2D eigenvalue weighted by Crippen LogP contribution is -2.41. The van der Waals surface area contributed by atoms with Crippen molar-refractivity contribution in [3.63, 3.8) is 0 Å². The van der Waals surface area contributed by atoms with E-state index in [1.165, 1.54) is 11.8 Å². The van der Waals surface area contributed by atoms with Gasteiger partial charge in [-0.15, -0.1) is 11.8 Å². The van der Waals surface area contributed by atoms with Crippen LogP contribution in [0.4, 0.5) is 5.69 Å². The molecule has 0 bridgehead atoms. The lowest BCUT2D eigenvalue weighted by Gasteiger charge is -2.33. The highest BCUT2D eigenvalue weighted by molar-refractivity contribution is 8.00. The van der Waals surface area contributed by atoms with Crippen LogP contribution >= 0.6 is 11.8 Å². The zero-order chi connectivity index (χ0) is 13.0. The first kappa shape index (κ1) is 13.1. The Morgan fingerprint density at radius 3 is 3.06 bits per heavy atom. The fourth-order valence-corrected chi connectivity index (χ4v) is 3.05. The molecular weight excluding hydrogens is 250 g/mol. The number of thioether (sulfide) groups is 1. The maximum atomic E-state index is 11.1. The van der Waals surface area contributed by atoms with Crippen LogP contribution in [0.2, 0.25) is 0 Å². The van der Waals surface area contributed by atoms with Crippen molar-refractivity contribution in [1.82, 2.24) is 0 Å². The van der Waals surface area contributed by atoms with E-state index in [4.69, 9.17) is 9.84 Å². The molecule has 98 valence electrons. The van der Waals surface area contributed by atoms with Gasteiger partial charge in [0.05, 0.1) is 12.3 Å². The second-order valence-corrected chi connectivity index (χ2v) is 5.36. The number of carbonyl (C=O) groups is 1. The number of rotatable bonds is 4. The van der Waals surface area contributed by atoms with Gasteiger partial charge in [0.25, 0.3) is 0 Å². The third kappa shape index (κ3) is 2.90. The zero-order valence-electron chi connectivity index (χ0n) is 10.3. The summed E-state index contributed by atoms with van der Waals surface area (Å²) in [6.07, 6.45) is 0. The zero-order valence-corrected chi connectivity index (χ0v) is 11.2. The largest absolute Gasteiger partial charge is 0.492 e. The minimum absolute atomic E-state index is 0.353. The molecule has 0 spiro atoms. The molecule has 0 amide bonds. The number of para-hydroxylation sites is 2. The number of anilines is 1. The van der Waals surface area contributed by atoms with Gasteiger partial charge in [0.15, 0.2) is 0 Å². The first-order chi connectivity index (χ1) is 8.72. The Hall–Kier alpha value is -1.36. The molecule has 2 rings (SSSR count). The molecule has 1 atom stereocenters. The van der Waals surface area contributed by atoms with Crippen LogP contribution in [-0.2, 0) is 4.79 Å². The van der Waals surface area contributed by atoms with Crippen molar-refractivity contribution >= 4 is 23.4 Å². The fraction of sp³-hybridized carbons (Fsp3) is 0.462. The van der Waals surface area contributed by atoms with Crippen molar-refractivity contribution in [2.24, 2.45) is 0 Å². The summed E-state index contributed by atoms with van der Waals surface area (Å²) in [5.41, 5.74) is 0.992. The predicted molar refractivity (Wildman–Crippen MR) is 73.7 cm³/mol. The van der Waals surface area contributed by atoms with Gasteiger partial charge in [0.1, 0.15) is 11.0 Å². The highest BCUT2D eigenvalue weighted by Gasteiger charge is 2.27. The minimum Gasteiger partial charge on any atom is -0.492 e. The van der Waals surface area contributed by atoms with E-state index in [9.17, 15) is 4.79 Å². The standard InChI is InChI=1S/C13H17NO3S/c1-2-17-11-6-4-3-5-10(11)14-7-8-18-12(9-14)13(15)16/h3-6,12H,2,7-9H2,1H3,(H,15,16). The summed E-state index contributed by atoms with van der Waals surface area (Å²) in [6, 6.07) is 7.80. The van der Waals surface area contributed by atoms with E-state index in [0.29, 0.717) is 13.2 Å². The summed E-state index contributed by atoms with van der Waals surface area (Å²) in [5, 5.41) is 8.74. The molecule has 0 saturated carbocycles. The van der Waals surface area contributed by atoms with E-state index in [1.807, 2.05) is 31.2 Å². The van der Waals surface area contributed by atoms with Gasteiger partial charge < -0.3 is 14.7 Å².